The van der Waals surface area contributed by atoms with Gasteiger partial charge in [0.05, 0.1) is 10.7 Å². The van der Waals surface area contributed by atoms with Gasteiger partial charge in [-0.2, -0.15) is 0 Å². The molecule has 0 radical (unpaired) electrons. The summed E-state index contributed by atoms with van der Waals surface area (Å²) in [7, 11) is 0. The second kappa shape index (κ2) is 6.53. The molecule has 19 heavy (non-hydrogen) atoms. The maximum absolute atomic E-state index is 6.30. The quantitative estimate of drug-likeness (QED) is 0.845. The predicted molar refractivity (Wildman–Crippen MR) is 85.0 cm³/mol. The molecule has 0 aromatic heterocycles. The highest BCUT2D eigenvalue weighted by atomic mass is 35.5. The molecular weight excluding hydrogens is 303 g/mol. The molecule has 0 saturated carbocycles. The van der Waals surface area contributed by atoms with E-state index < -0.39 is 0 Å². The number of anilines is 1. The van der Waals surface area contributed by atoms with Crippen molar-refractivity contribution in [2.75, 3.05) is 31.1 Å². The molecule has 0 aliphatic carbocycles. The lowest BCUT2D eigenvalue weighted by Crippen LogP contribution is -2.25. The third-order valence-electron chi connectivity index (χ3n) is 4.27. The van der Waals surface area contributed by atoms with Crippen molar-refractivity contribution in [2.45, 2.75) is 12.8 Å². The van der Waals surface area contributed by atoms with Crippen LogP contribution >= 0.6 is 35.6 Å². The molecule has 3 rings (SSSR count). The minimum absolute atomic E-state index is 0. The Morgan fingerprint density at radius 3 is 2.26 bits per heavy atom. The van der Waals surface area contributed by atoms with Gasteiger partial charge in [0.1, 0.15) is 0 Å². The van der Waals surface area contributed by atoms with E-state index in [0.29, 0.717) is 5.02 Å². The fourth-order valence-corrected chi connectivity index (χ4v) is 3.72. The Balaban J connectivity index is 0.00000133. The van der Waals surface area contributed by atoms with Crippen LogP contribution in [0.15, 0.2) is 18.2 Å². The van der Waals surface area contributed by atoms with Gasteiger partial charge >= 0.3 is 0 Å². The average molecular weight is 322 g/mol. The van der Waals surface area contributed by atoms with Gasteiger partial charge in [-0.25, -0.2) is 0 Å². The molecule has 2 fully saturated rings. The van der Waals surface area contributed by atoms with Crippen LogP contribution in [-0.2, 0) is 0 Å². The summed E-state index contributed by atoms with van der Waals surface area (Å²) >= 11 is 12.3. The Morgan fingerprint density at radius 1 is 1.05 bits per heavy atom. The summed E-state index contributed by atoms with van der Waals surface area (Å²) in [5.74, 6) is 1.70. The summed E-state index contributed by atoms with van der Waals surface area (Å²) in [6.45, 7) is 4.58. The zero-order chi connectivity index (χ0) is 12.5. The average Bonchev–Trinajstić information content (AvgIpc) is 2.70. The van der Waals surface area contributed by atoms with Crippen molar-refractivity contribution in [3.63, 3.8) is 0 Å². The number of nitrogens with zero attached hydrogens (tertiary/aromatic N) is 1. The lowest BCUT2D eigenvalue weighted by atomic mass is 9.92. The van der Waals surface area contributed by atoms with E-state index in [1.165, 1.54) is 25.9 Å². The van der Waals surface area contributed by atoms with Crippen molar-refractivity contribution >= 4 is 41.3 Å². The second-order valence-electron chi connectivity index (χ2n) is 5.34. The van der Waals surface area contributed by atoms with Gasteiger partial charge in [-0.05, 0) is 56.0 Å². The van der Waals surface area contributed by atoms with E-state index in [4.69, 9.17) is 23.2 Å². The highest BCUT2D eigenvalue weighted by molar-refractivity contribution is 6.36. The van der Waals surface area contributed by atoms with Gasteiger partial charge in [0, 0.05) is 18.1 Å². The fourth-order valence-electron chi connectivity index (χ4n) is 3.20. The molecule has 1 aromatic rings. The Bertz CT molecular complexity index is 425. The maximum Gasteiger partial charge on any atom is 0.0654 e. The van der Waals surface area contributed by atoms with Crippen LogP contribution in [0.4, 0.5) is 5.69 Å². The molecule has 2 atom stereocenters. The molecule has 0 spiro atoms. The molecular formula is C14H19Cl3N2. The third-order valence-corrected chi connectivity index (χ3v) is 4.81. The third kappa shape index (κ3) is 3.30. The van der Waals surface area contributed by atoms with Crippen molar-refractivity contribution in [3.8, 4) is 0 Å². The van der Waals surface area contributed by atoms with E-state index in [1.807, 2.05) is 18.2 Å². The first-order chi connectivity index (χ1) is 8.74. The van der Waals surface area contributed by atoms with Crippen LogP contribution in [0.2, 0.25) is 10.0 Å². The van der Waals surface area contributed by atoms with Crippen molar-refractivity contribution in [1.29, 1.82) is 0 Å². The minimum Gasteiger partial charge on any atom is -0.370 e. The molecule has 2 heterocycles. The van der Waals surface area contributed by atoms with E-state index in [-0.39, 0.29) is 12.4 Å². The molecule has 0 bridgehead atoms. The number of fused-ring (bicyclic) bond motifs is 1. The number of halogens is 3. The van der Waals surface area contributed by atoms with Crippen LogP contribution in [0.3, 0.4) is 0 Å². The molecule has 0 amide bonds. The number of rotatable bonds is 1. The molecule has 2 aliphatic rings. The summed E-state index contributed by atoms with van der Waals surface area (Å²) in [4.78, 5) is 2.41. The summed E-state index contributed by atoms with van der Waals surface area (Å²) in [6.07, 6.45) is 2.52. The van der Waals surface area contributed by atoms with E-state index >= 15 is 0 Å². The van der Waals surface area contributed by atoms with Gasteiger partial charge in [0.2, 0.25) is 0 Å². The van der Waals surface area contributed by atoms with Crippen LogP contribution < -0.4 is 10.2 Å². The van der Waals surface area contributed by atoms with Crippen molar-refractivity contribution in [1.82, 2.24) is 5.32 Å². The molecule has 2 saturated heterocycles. The van der Waals surface area contributed by atoms with Crippen LogP contribution in [-0.4, -0.2) is 26.2 Å². The Morgan fingerprint density at radius 2 is 1.68 bits per heavy atom. The second-order valence-corrected chi connectivity index (χ2v) is 6.18. The van der Waals surface area contributed by atoms with Gasteiger partial charge in [-0.3, -0.25) is 0 Å². The van der Waals surface area contributed by atoms with Gasteiger partial charge in [-0.1, -0.05) is 23.2 Å². The van der Waals surface area contributed by atoms with E-state index in [0.717, 1.165) is 35.6 Å². The topological polar surface area (TPSA) is 15.3 Å². The molecule has 1 N–H and O–H groups in total. The monoisotopic (exact) mass is 320 g/mol. The summed E-state index contributed by atoms with van der Waals surface area (Å²) in [5.41, 5.74) is 1.13. The van der Waals surface area contributed by atoms with Gasteiger partial charge < -0.3 is 10.2 Å². The van der Waals surface area contributed by atoms with Crippen molar-refractivity contribution in [3.05, 3.63) is 28.2 Å². The number of hydrogen-bond donors (Lipinski definition) is 1. The molecule has 5 heteroatoms. The van der Waals surface area contributed by atoms with Crippen molar-refractivity contribution < 1.29 is 0 Å². The summed E-state index contributed by atoms with van der Waals surface area (Å²) in [5, 5.41) is 4.98. The highest BCUT2D eigenvalue weighted by Gasteiger charge is 2.30. The van der Waals surface area contributed by atoms with Crippen LogP contribution in [0, 0.1) is 11.8 Å². The smallest absolute Gasteiger partial charge is 0.0654 e. The molecule has 1 aromatic carbocycles. The van der Waals surface area contributed by atoms with Crippen LogP contribution in [0.5, 0.6) is 0 Å². The number of benzene rings is 1. The standard InChI is InChI=1S/C14H18Cl2N2.ClH/c15-12-1-2-14(13(16)7-12)18-5-3-10-8-17-9-11(10)4-6-18;/h1-2,7,10-11,17H,3-6,8-9H2;1H. The molecule has 106 valence electrons. The lowest BCUT2D eigenvalue weighted by Gasteiger charge is -2.24. The van der Waals surface area contributed by atoms with Gasteiger partial charge in [0.25, 0.3) is 0 Å². The first-order valence-electron chi connectivity index (χ1n) is 6.65. The first-order valence-corrected chi connectivity index (χ1v) is 7.40. The zero-order valence-corrected chi connectivity index (χ0v) is 13.1. The van der Waals surface area contributed by atoms with Gasteiger partial charge in [0.15, 0.2) is 0 Å². The summed E-state index contributed by atoms with van der Waals surface area (Å²) < 4.78 is 0. The lowest BCUT2D eigenvalue weighted by molar-refractivity contribution is 0.409. The summed E-state index contributed by atoms with van der Waals surface area (Å²) in [6, 6.07) is 5.81. The first kappa shape index (κ1) is 15.2. The zero-order valence-electron chi connectivity index (χ0n) is 10.7. The molecule has 2 unspecified atom stereocenters. The normalized spacial score (nSPS) is 26.5. The van der Waals surface area contributed by atoms with Gasteiger partial charge in [-0.15, -0.1) is 12.4 Å². The maximum atomic E-state index is 6.30. The predicted octanol–water partition coefficient (Wildman–Crippen LogP) is 3.85. The van der Waals surface area contributed by atoms with Crippen molar-refractivity contribution in [2.24, 2.45) is 11.8 Å². The van der Waals surface area contributed by atoms with E-state index in [2.05, 4.69) is 10.2 Å². The van der Waals surface area contributed by atoms with E-state index in [9.17, 15) is 0 Å². The molecule has 2 nitrogen and oxygen atoms in total. The Kier molecular flexibility index (Phi) is 5.24. The Hall–Kier alpha value is -0.150. The Labute approximate surface area is 130 Å². The SMILES string of the molecule is Cl.Clc1ccc(N2CCC3CNCC3CC2)c(Cl)c1. The molecule has 2 aliphatic heterocycles. The largest absolute Gasteiger partial charge is 0.370 e. The number of nitrogens with one attached hydrogen (secondary N) is 1. The highest BCUT2D eigenvalue weighted by Crippen LogP contribution is 2.33. The van der Waals surface area contributed by atoms with E-state index in [1.54, 1.807) is 0 Å². The fraction of sp³-hybridized carbons (Fsp3) is 0.571. The number of hydrogen-bond acceptors (Lipinski definition) is 2. The minimum atomic E-state index is 0. The van der Waals surface area contributed by atoms with Crippen LogP contribution in [0.25, 0.3) is 0 Å². The van der Waals surface area contributed by atoms with Crippen LogP contribution in [0.1, 0.15) is 12.8 Å².